The first kappa shape index (κ1) is 12.1. The second kappa shape index (κ2) is 5.29. The number of benzene rings is 1. The third-order valence-corrected chi connectivity index (χ3v) is 3.27. The van der Waals surface area contributed by atoms with Gasteiger partial charge in [0, 0.05) is 26.1 Å². The number of hydrogen-bond donors (Lipinski definition) is 2. The highest BCUT2D eigenvalue weighted by Crippen LogP contribution is 2.28. The zero-order valence-electron chi connectivity index (χ0n) is 9.98. The number of amides is 1. The molecular weight excluding hydrogens is 216 g/mol. The van der Waals surface area contributed by atoms with E-state index in [4.69, 9.17) is 10.5 Å². The van der Waals surface area contributed by atoms with Crippen LogP contribution in [0.2, 0.25) is 0 Å². The van der Waals surface area contributed by atoms with E-state index < -0.39 is 0 Å². The van der Waals surface area contributed by atoms with Crippen LogP contribution in [0.1, 0.15) is 17.0 Å². The van der Waals surface area contributed by atoms with Crippen molar-refractivity contribution >= 4 is 5.91 Å². The minimum atomic E-state index is -0.225. The lowest BCUT2D eigenvalue weighted by molar-refractivity contribution is -0.121. The van der Waals surface area contributed by atoms with Crippen LogP contribution in [0.4, 0.5) is 0 Å². The second-order valence-corrected chi connectivity index (χ2v) is 4.45. The molecule has 0 spiro atoms. The average molecular weight is 234 g/mol. The van der Waals surface area contributed by atoms with Crippen molar-refractivity contribution in [1.82, 2.24) is 5.32 Å². The van der Waals surface area contributed by atoms with Crippen molar-refractivity contribution in [2.24, 2.45) is 11.7 Å². The molecule has 0 radical (unpaired) electrons. The fourth-order valence-electron chi connectivity index (χ4n) is 2.41. The molecule has 1 aromatic carbocycles. The van der Waals surface area contributed by atoms with E-state index in [1.807, 2.05) is 18.2 Å². The Morgan fingerprint density at radius 1 is 1.53 bits per heavy atom. The summed E-state index contributed by atoms with van der Waals surface area (Å²) in [7, 11) is 1.68. The monoisotopic (exact) mass is 234 g/mol. The normalized spacial score (nSPS) is 23.8. The van der Waals surface area contributed by atoms with Gasteiger partial charge in [-0.25, -0.2) is 0 Å². The summed E-state index contributed by atoms with van der Waals surface area (Å²) < 4.78 is 5.11. The lowest BCUT2D eigenvalue weighted by atomic mass is 9.88. The first-order valence-electron chi connectivity index (χ1n) is 5.80. The van der Waals surface area contributed by atoms with Crippen LogP contribution >= 0.6 is 0 Å². The highest BCUT2D eigenvalue weighted by Gasteiger charge is 2.32. The van der Waals surface area contributed by atoms with Gasteiger partial charge in [-0.2, -0.15) is 0 Å². The Kier molecular flexibility index (Phi) is 3.76. The predicted molar refractivity (Wildman–Crippen MR) is 65.5 cm³/mol. The lowest BCUT2D eigenvalue weighted by Crippen LogP contribution is -2.28. The summed E-state index contributed by atoms with van der Waals surface area (Å²) in [6.45, 7) is 2.08. The van der Waals surface area contributed by atoms with E-state index in [1.165, 1.54) is 0 Å². The van der Waals surface area contributed by atoms with Crippen LogP contribution in [-0.2, 0) is 16.1 Å². The summed E-state index contributed by atoms with van der Waals surface area (Å²) >= 11 is 0. The highest BCUT2D eigenvalue weighted by atomic mass is 16.5. The van der Waals surface area contributed by atoms with Gasteiger partial charge in [0.2, 0.25) is 5.91 Å². The number of nitrogens with one attached hydrogen (secondary N) is 1. The van der Waals surface area contributed by atoms with Gasteiger partial charge in [0.15, 0.2) is 0 Å². The summed E-state index contributed by atoms with van der Waals surface area (Å²) in [5.41, 5.74) is 7.70. The summed E-state index contributed by atoms with van der Waals surface area (Å²) in [5.74, 6) is -0.144. The number of nitrogens with two attached hydrogens (primary N) is 1. The van der Waals surface area contributed by atoms with Crippen molar-refractivity contribution < 1.29 is 9.53 Å². The number of rotatable bonds is 4. The third kappa shape index (κ3) is 2.65. The minimum Gasteiger partial charge on any atom is -0.380 e. The molecule has 1 amide bonds. The van der Waals surface area contributed by atoms with E-state index in [0.29, 0.717) is 13.2 Å². The third-order valence-electron chi connectivity index (χ3n) is 3.27. The average Bonchev–Trinajstić information content (AvgIpc) is 2.79. The quantitative estimate of drug-likeness (QED) is 0.802. The maximum Gasteiger partial charge on any atom is 0.222 e. The van der Waals surface area contributed by atoms with Crippen LogP contribution in [0.25, 0.3) is 0 Å². The van der Waals surface area contributed by atoms with Gasteiger partial charge in [0.25, 0.3) is 0 Å². The van der Waals surface area contributed by atoms with E-state index >= 15 is 0 Å². The predicted octanol–water partition coefficient (Wildman–Crippen LogP) is 0.621. The van der Waals surface area contributed by atoms with Gasteiger partial charge < -0.3 is 15.8 Å². The molecule has 3 N–H and O–H groups in total. The largest absolute Gasteiger partial charge is 0.380 e. The first-order valence-corrected chi connectivity index (χ1v) is 5.80. The van der Waals surface area contributed by atoms with E-state index in [-0.39, 0.29) is 17.7 Å². The standard InChI is InChI=1S/C13H18N2O2/c1-17-8-9-3-2-4-10(5-9)11-6-15-7-12(11)13(14)16/h2-5,11-12,15H,6-8H2,1H3,(H2,14,16). The van der Waals surface area contributed by atoms with E-state index in [2.05, 4.69) is 11.4 Å². The molecule has 1 aromatic rings. The van der Waals surface area contributed by atoms with Gasteiger partial charge in [0.1, 0.15) is 0 Å². The molecule has 0 aliphatic carbocycles. The Labute approximate surface area is 101 Å². The molecule has 17 heavy (non-hydrogen) atoms. The van der Waals surface area contributed by atoms with Gasteiger partial charge in [-0.1, -0.05) is 24.3 Å². The number of methoxy groups -OCH3 is 1. The SMILES string of the molecule is COCc1cccc(C2CNCC2C(N)=O)c1. The van der Waals surface area contributed by atoms with Gasteiger partial charge in [-0.3, -0.25) is 4.79 Å². The molecule has 4 heteroatoms. The van der Waals surface area contributed by atoms with Crippen LogP contribution in [0, 0.1) is 5.92 Å². The molecule has 1 aliphatic rings. The van der Waals surface area contributed by atoms with Gasteiger partial charge in [0.05, 0.1) is 12.5 Å². The Morgan fingerprint density at radius 3 is 3.06 bits per heavy atom. The summed E-state index contributed by atoms with van der Waals surface area (Å²) in [5, 5.41) is 3.22. The van der Waals surface area contributed by atoms with Crippen molar-refractivity contribution in [2.45, 2.75) is 12.5 Å². The van der Waals surface area contributed by atoms with Crippen LogP contribution in [0.3, 0.4) is 0 Å². The molecule has 1 aliphatic heterocycles. The number of primary amides is 1. The molecule has 2 unspecified atom stereocenters. The molecule has 1 saturated heterocycles. The molecule has 92 valence electrons. The van der Waals surface area contributed by atoms with Crippen LogP contribution < -0.4 is 11.1 Å². The summed E-state index contributed by atoms with van der Waals surface area (Å²) in [6, 6.07) is 8.17. The summed E-state index contributed by atoms with van der Waals surface area (Å²) in [4.78, 5) is 11.4. The number of ether oxygens (including phenoxy) is 1. The fourth-order valence-corrected chi connectivity index (χ4v) is 2.41. The van der Waals surface area contributed by atoms with Gasteiger partial charge in [-0.15, -0.1) is 0 Å². The van der Waals surface area contributed by atoms with E-state index in [9.17, 15) is 4.79 Å². The van der Waals surface area contributed by atoms with Crippen molar-refractivity contribution in [2.75, 3.05) is 20.2 Å². The molecule has 1 heterocycles. The van der Waals surface area contributed by atoms with E-state index in [1.54, 1.807) is 7.11 Å². The molecule has 1 fully saturated rings. The smallest absolute Gasteiger partial charge is 0.222 e. The van der Waals surface area contributed by atoms with Crippen LogP contribution in [0.5, 0.6) is 0 Å². The Bertz CT molecular complexity index is 406. The molecule has 0 saturated carbocycles. The maximum absolute atomic E-state index is 11.4. The molecule has 0 aromatic heterocycles. The Morgan fingerprint density at radius 2 is 2.35 bits per heavy atom. The van der Waals surface area contributed by atoms with E-state index in [0.717, 1.165) is 17.7 Å². The molecule has 2 rings (SSSR count). The Balaban J connectivity index is 2.21. The summed E-state index contributed by atoms with van der Waals surface area (Å²) in [6.07, 6.45) is 0. The van der Waals surface area contributed by atoms with Crippen molar-refractivity contribution in [1.29, 1.82) is 0 Å². The van der Waals surface area contributed by atoms with Crippen LogP contribution in [0.15, 0.2) is 24.3 Å². The number of hydrogen-bond acceptors (Lipinski definition) is 3. The van der Waals surface area contributed by atoms with Crippen molar-refractivity contribution in [3.63, 3.8) is 0 Å². The fraction of sp³-hybridized carbons (Fsp3) is 0.462. The maximum atomic E-state index is 11.4. The van der Waals surface area contributed by atoms with Gasteiger partial charge in [-0.05, 0) is 11.1 Å². The first-order chi connectivity index (χ1) is 8.22. The van der Waals surface area contributed by atoms with Crippen molar-refractivity contribution in [3.05, 3.63) is 35.4 Å². The highest BCUT2D eigenvalue weighted by molar-refractivity contribution is 5.78. The molecule has 4 nitrogen and oxygen atoms in total. The van der Waals surface area contributed by atoms with Gasteiger partial charge >= 0.3 is 0 Å². The number of carbonyl (C=O) groups excluding carboxylic acids is 1. The zero-order valence-corrected chi connectivity index (χ0v) is 9.98. The molecular formula is C13H18N2O2. The number of carbonyl (C=O) groups is 1. The Hall–Kier alpha value is -1.39. The topological polar surface area (TPSA) is 64.3 Å². The molecule has 0 bridgehead atoms. The van der Waals surface area contributed by atoms with Crippen molar-refractivity contribution in [3.8, 4) is 0 Å². The second-order valence-electron chi connectivity index (χ2n) is 4.45. The zero-order chi connectivity index (χ0) is 12.3. The molecule has 2 atom stereocenters. The minimum absolute atomic E-state index is 0.104. The lowest BCUT2D eigenvalue weighted by Gasteiger charge is -2.16. The van der Waals surface area contributed by atoms with Crippen LogP contribution in [-0.4, -0.2) is 26.1 Å².